The van der Waals surface area contributed by atoms with Crippen molar-refractivity contribution in [3.05, 3.63) is 59.8 Å². The smallest absolute Gasteiger partial charge is 0.297 e. The minimum Gasteiger partial charge on any atom is -0.297 e. The molecule has 0 spiro atoms. The lowest BCUT2D eigenvalue weighted by molar-refractivity contribution is 0.812. The van der Waals surface area contributed by atoms with E-state index in [1.165, 1.54) is 0 Å². The number of hydrogen-bond acceptors (Lipinski definition) is 2. The van der Waals surface area contributed by atoms with Crippen LogP contribution in [-0.2, 0) is 6.42 Å². The summed E-state index contributed by atoms with van der Waals surface area (Å²) < 4.78 is 0.918. The van der Waals surface area contributed by atoms with E-state index in [1.54, 1.807) is 18.2 Å². The van der Waals surface area contributed by atoms with Crippen LogP contribution in [0.15, 0.2) is 27.8 Å². The molecule has 1 aromatic heterocycles. The number of hydrogen-bond donors (Lipinski definition) is 1. The van der Waals surface area contributed by atoms with Gasteiger partial charge >= 0.3 is 5.69 Å². The van der Waals surface area contributed by atoms with E-state index in [1.807, 2.05) is 6.92 Å². The fourth-order valence-electron chi connectivity index (χ4n) is 1.92. The van der Waals surface area contributed by atoms with Gasteiger partial charge in [-0.2, -0.15) is 0 Å². The van der Waals surface area contributed by atoms with Gasteiger partial charge < -0.3 is 0 Å². The van der Waals surface area contributed by atoms with Crippen LogP contribution in [-0.4, -0.2) is 9.55 Å². The number of para-hydroxylation sites is 1. The molecule has 0 radical (unpaired) electrons. The maximum atomic E-state index is 12.4. The Morgan fingerprint density at radius 3 is 2.30 bits per heavy atom. The molecule has 0 saturated heterocycles. The molecule has 0 fully saturated rings. The van der Waals surface area contributed by atoms with Crippen LogP contribution in [0.25, 0.3) is 5.69 Å². The lowest BCUT2D eigenvalue weighted by Crippen LogP contribution is -2.36. The van der Waals surface area contributed by atoms with E-state index in [-0.39, 0.29) is 20.9 Å². The van der Waals surface area contributed by atoms with Crippen molar-refractivity contribution in [2.75, 3.05) is 0 Å². The molecule has 0 saturated carbocycles. The second kappa shape index (κ2) is 6.04. The van der Waals surface area contributed by atoms with Gasteiger partial charge in [-0.15, -0.1) is 0 Å². The molecule has 0 amide bonds. The maximum absolute atomic E-state index is 12.4. The second-order valence-electron chi connectivity index (χ2n) is 4.18. The van der Waals surface area contributed by atoms with Gasteiger partial charge in [0.05, 0.1) is 21.3 Å². The third-order valence-corrected chi connectivity index (χ3v) is 3.74. The van der Waals surface area contributed by atoms with Gasteiger partial charge in [-0.25, -0.2) is 9.36 Å². The van der Waals surface area contributed by atoms with Gasteiger partial charge in [-0.1, -0.05) is 54.2 Å². The van der Waals surface area contributed by atoms with E-state index < -0.39 is 11.2 Å². The molecule has 4 nitrogen and oxygen atoms in total. The topological polar surface area (TPSA) is 54.9 Å². The standard InChI is InChI=1S/C13H11Cl3N2O2/c1-2-4-7-11(16)17-13(20)18(12(7)19)10-8(14)5-3-6-9(10)15/h3,5-6H,2,4H2,1H3,(H,17,20). The first-order chi connectivity index (χ1) is 9.47. The summed E-state index contributed by atoms with van der Waals surface area (Å²) in [5.41, 5.74) is -0.675. The molecule has 20 heavy (non-hydrogen) atoms. The monoisotopic (exact) mass is 332 g/mol. The summed E-state index contributed by atoms with van der Waals surface area (Å²) in [6.45, 7) is 1.91. The van der Waals surface area contributed by atoms with Crippen LogP contribution in [0.1, 0.15) is 18.9 Å². The Bertz CT molecular complexity index is 745. The van der Waals surface area contributed by atoms with Gasteiger partial charge in [-0.05, 0) is 18.6 Å². The molecule has 106 valence electrons. The Kier molecular flexibility index (Phi) is 4.58. The minimum absolute atomic E-state index is 0.0567. The largest absolute Gasteiger partial charge is 0.334 e. The number of nitrogens with one attached hydrogen (secondary N) is 1. The van der Waals surface area contributed by atoms with Crippen molar-refractivity contribution in [3.63, 3.8) is 0 Å². The van der Waals surface area contributed by atoms with Gasteiger partial charge in [0, 0.05) is 0 Å². The third-order valence-electron chi connectivity index (χ3n) is 2.81. The highest BCUT2D eigenvalue weighted by atomic mass is 35.5. The van der Waals surface area contributed by atoms with Crippen LogP contribution in [0.3, 0.4) is 0 Å². The summed E-state index contributed by atoms with van der Waals surface area (Å²) in [6, 6.07) is 4.75. The normalized spacial score (nSPS) is 10.8. The summed E-state index contributed by atoms with van der Waals surface area (Å²) in [5, 5.41) is 0.492. The molecule has 7 heteroatoms. The van der Waals surface area contributed by atoms with E-state index in [0.29, 0.717) is 12.0 Å². The summed E-state index contributed by atoms with van der Waals surface area (Å²) >= 11 is 18.0. The van der Waals surface area contributed by atoms with E-state index in [9.17, 15) is 9.59 Å². The minimum atomic E-state index is -0.671. The molecule has 1 aromatic carbocycles. The molecule has 2 rings (SSSR count). The van der Waals surface area contributed by atoms with Crippen molar-refractivity contribution in [1.29, 1.82) is 0 Å². The Labute approximate surface area is 129 Å². The summed E-state index contributed by atoms with van der Waals surface area (Å²) in [5.74, 6) is 0. The molecule has 0 atom stereocenters. The number of H-pyrrole nitrogens is 1. The number of rotatable bonds is 3. The van der Waals surface area contributed by atoms with Crippen molar-refractivity contribution >= 4 is 34.8 Å². The first-order valence-corrected chi connectivity index (χ1v) is 7.08. The average Bonchev–Trinajstić information content (AvgIpc) is 2.37. The van der Waals surface area contributed by atoms with Crippen molar-refractivity contribution < 1.29 is 0 Å². The van der Waals surface area contributed by atoms with E-state index in [2.05, 4.69) is 4.98 Å². The summed E-state index contributed by atoms with van der Waals surface area (Å²) in [4.78, 5) is 26.9. The van der Waals surface area contributed by atoms with E-state index in [4.69, 9.17) is 34.8 Å². The highest BCUT2D eigenvalue weighted by molar-refractivity contribution is 6.37. The maximum Gasteiger partial charge on any atom is 0.334 e. The molecule has 0 aliphatic rings. The molecule has 1 N–H and O–H groups in total. The second-order valence-corrected chi connectivity index (χ2v) is 5.38. The van der Waals surface area contributed by atoms with Crippen LogP contribution in [0.4, 0.5) is 0 Å². The SMILES string of the molecule is CCCc1c(Cl)[nH]c(=O)n(-c2c(Cl)cccc2Cl)c1=O. The lowest BCUT2D eigenvalue weighted by Gasteiger charge is -2.11. The summed E-state index contributed by atoms with van der Waals surface area (Å²) in [6.07, 6.45) is 1.17. The zero-order valence-electron chi connectivity index (χ0n) is 10.5. The van der Waals surface area contributed by atoms with E-state index in [0.717, 1.165) is 11.0 Å². The van der Waals surface area contributed by atoms with Crippen LogP contribution in [0.2, 0.25) is 15.2 Å². The zero-order valence-corrected chi connectivity index (χ0v) is 12.8. The quantitative estimate of drug-likeness (QED) is 0.875. The van der Waals surface area contributed by atoms with Crippen molar-refractivity contribution in [1.82, 2.24) is 9.55 Å². The Morgan fingerprint density at radius 2 is 1.75 bits per heavy atom. The molecule has 1 heterocycles. The first kappa shape index (κ1) is 15.2. The van der Waals surface area contributed by atoms with Gasteiger partial charge in [0.1, 0.15) is 5.15 Å². The Morgan fingerprint density at radius 1 is 1.15 bits per heavy atom. The molecule has 2 aromatic rings. The van der Waals surface area contributed by atoms with Crippen LogP contribution in [0.5, 0.6) is 0 Å². The Balaban J connectivity index is 2.85. The lowest BCUT2D eigenvalue weighted by atomic mass is 10.2. The number of nitrogens with zero attached hydrogens (tertiary/aromatic N) is 1. The fourth-order valence-corrected chi connectivity index (χ4v) is 2.74. The van der Waals surface area contributed by atoms with Gasteiger partial charge in [0.2, 0.25) is 0 Å². The Hall–Kier alpha value is -1.23. The number of aromatic nitrogens is 2. The molecular weight excluding hydrogens is 323 g/mol. The molecule has 0 unspecified atom stereocenters. The fraction of sp³-hybridized carbons (Fsp3) is 0.231. The molecule has 0 bridgehead atoms. The van der Waals surface area contributed by atoms with Crippen LogP contribution < -0.4 is 11.2 Å². The third kappa shape index (κ3) is 2.64. The van der Waals surface area contributed by atoms with Crippen LogP contribution >= 0.6 is 34.8 Å². The van der Waals surface area contributed by atoms with Crippen molar-refractivity contribution in [2.45, 2.75) is 19.8 Å². The van der Waals surface area contributed by atoms with Crippen LogP contribution in [0, 0.1) is 0 Å². The molecule has 0 aliphatic carbocycles. The average molecular weight is 334 g/mol. The molecule has 0 aliphatic heterocycles. The number of halogens is 3. The molecular formula is C13H11Cl3N2O2. The number of benzene rings is 1. The number of aromatic amines is 1. The highest BCUT2D eigenvalue weighted by Crippen LogP contribution is 2.26. The predicted molar refractivity (Wildman–Crippen MR) is 81.7 cm³/mol. The summed E-state index contributed by atoms with van der Waals surface area (Å²) in [7, 11) is 0. The highest BCUT2D eigenvalue weighted by Gasteiger charge is 2.17. The zero-order chi connectivity index (χ0) is 14.9. The first-order valence-electron chi connectivity index (χ1n) is 5.95. The van der Waals surface area contributed by atoms with Gasteiger partial charge in [0.25, 0.3) is 5.56 Å². The van der Waals surface area contributed by atoms with E-state index >= 15 is 0 Å². The predicted octanol–water partition coefficient (Wildman–Crippen LogP) is 3.44. The van der Waals surface area contributed by atoms with Crippen molar-refractivity contribution in [2.24, 2.45) is 0 Å². The van der Waals surface area contributed by atoms with Gasteiger partial charge in [0.15, 0.2) is 0 Å². The van der Waals surface area contributed by atoms with Gasteiger partial charge in [-0.3, -0.25) is 9.78 Å². The van der Waals surface area contributed by atoms with Crippen molar-refractivity contribution in [3.8, 4) is 5.69 Å².